The van der Waals surface area contributed by atoms with E-state index in [-0.39, 0.29) is 30.5 Å². The first kappa shape index (κ1) is 22.8. The van der Waals surface area contributed by atoms with Crippen LogP contribution in [-0.4, -0.2) is 47.4 Å². The summed E-state index contributed by atoms with van der Waals surface area (Å²) in [4.78, 5) is 12.8. The summed E-state index contributed by atoms with van der Waals surface area (Å²) in [6, 6.07) is 7.31. The molecule has 2 unspecified atom stereocenters. The maximum absolute atomic E-state index is 11.6. The van der Waals surface area contributed by atoms with E-state index in [4.69, 9.17) is 5.73 Å². The lowest BCUT2D eigenvalue weighted by Crippen LogP contribution is -2.27. The van der Waals surface area contributed by atoms with Crippen molar-refractivity contribution in [2.75, 3.05) is 28.6 Å². The molecule has 0 bridgehead atoms. The Kier molecular flexibility index (Phi) is 7.74. The smallest absolute Gasteiger partial charge is 0.241 e. The summed E-state index contributed by atoms with van der Waals surface area (Å²) in [7, 11) is -3.54. The van der Waals surface area contributed by atoms with Crippen LogP contribution in [0.1, 0.15) is 44.5 Å². The zero-order valence-corrected chi connectivity index (χ0v) is 18.1. The van der Waals surface area contributed by atoms with Crippen LogP contribution in [0.4, 0.5) is 17.6 Å². The Balaban J connectivity index is 2.29. The van der Waals surface area contributed by atoms with Gasteiger partial charge in [-0.05, 0) is 36.0 Å². The Morgan fingerprint density at radius 3 is 2.24 bits per heavy atom. The number of nitrogens with one attached hydrogen (secondary N) is 2. The number of benzene rings is 1. The molecule has 160 valence electrons. The number of nitrogen functional groups attached to an aromatic ring is 1. The van der Waals surface area contributed by atoms with E-state index in [0.717, 1.165) is 11.8 Å². The van der Waals surface area contributed by atoms with E-state index in [1.54, 1.807) is 0 Å². The van der Waals surface area contributed by atoms with Gasteiger partial charge < -0.3 is 16.2 Å². The minimum absolute atomic E-state index is 0.0502. The molecule has 0 spiro atoms. The second kappa shape index (κ2) is 9.84. The molecule has 0 aliphatic carbocycles. The largest absolute Gasteiger partial charge is 0.399 e. The van der Waals surface area contributed by atoms with Crippen molar-refractivity contribution in [1.29, 1.82) is 0 Å². The Labute approximate surface area is 172 Å². The van der Waals surface area contributed by atoms with Gasteiger partial charge in [0.1, 0.15) is 5.82 Å². The van der Waals surface area contributed by atoms with Crippen LogP contribution >= 0.6 is 0 Å². The van der Waals surface area contributed by atoms with Gasteiger partial charge in [-0.15, -0.1) is 0 Å². The lowest BCUT2D eigenvalue weighted by molar-refractivity contribution is 0.259. The average molecular weight is 423 g/mol. The summed E-state index contributed by atoms with van der Waals surface area (Å²) >= 11 is 0. The highest BCUT2D eigenvalue weighted by atomic mass is 32.2. The van der Waals surface area contributed by atoms with E-state index >= 15 is 0 Å². The quantitative estimate of drug-likeness (QED) is 0.426. The van der Waals surface area contributed by atoms with Gasteiger partial charge in [-0.25, -0.2) is 8.42 Å². The third-order valence-corrected chi connectivity index (χ3v) is 4.82. The monoisotopic (exact) mass is 422 g/mol. The van der Waals surface area contributed by atoms with Crippen molar-refractivity contribution in [3.8, 4) is 0 Å². The molecule has 2 atom stereocenters. The lowest BCUT2D eigenvalue weighted by atomic mass is 9.97. The molecule has 9 nitrogen and oxygen atoms in total. The predicted octanol–water partition coefficient (Wildman–Crippen LogP) is 1.99. The standard InChI is InChI=1S/C19H30N6O3S/c1-12(2)9-16(11-26)21-18-22-17(23-19(24-18)25-29(4,27)28)10-13(3)14-5-7-15(20)8-6-14/h5-8,12-13,16,26H,9-11,20H2,1-4H3,(H2,21,22,23,24,25). The molecule has 0 fully saturated rings. The molecule has 0 amide bonds. The third-order valence-electron chi connectivity index (χ3n) is 4.26. The molecule has 0 saturated heterocycles. The number of sulfonamides is 1. The van der Waals surface area contributed by atoms with Gasteiger partial charge in [0.25, 0.3) is 0 Å². The minimum atomic E-state index is -3.54. The van der Waals surface area contributed by atoms with Crippen LogP contribution < -0.4 is 15.8 Å². The normalized spacial score (nSPS) is 13.9. The second-order valence-corrected chi connectivity index (χ2v) is 9.45. The Bertz CT molecular complexity index is 903. The summed E-state index contributed by atoms with van der Waals surface area (Å²) < 4.78 is 25.6. The van der Waals surface area contributed by atoms with Crippen molar-refractivity contribution in [1.82, 2.24) is 15.0 Å². The van der Waals surface area contributed by atoms with Gasteiger partial charge in [0.05, 0.1) is 18.9 Å². The van der Waals surface area contributed by atoms with Crippen LogP contribution in [0.5, 0.6) is 0 Å². The van der Waals surface area contributed by atoms with E-state index in [2.05, 4.69) is 25.0 Å². The lowest BCUT2D eigenvalue weighted by Gasteiger charge is -2.19. The van der Waals surface area contributed by atoms with Gasteiger partial charge >= 0.3 is 0 Å². The number of aromatic nitrogens is 3. The Morgan fingerprint density at radius 1 is 1.07 bits per heavy atom. The molecule has 2 aromatic rings. The number of hydrogen-bond acceptors (Lipinski definition) is 8. The molecule has 1 aromatic carbocycles. The SMILES string of the molecule is CC(C)CC(CO)Nc1nc(CC(C)c2ccc(N)cc2)nc(NS(C)(=O)=O)n1. The van der Waals surface area contributed by atoms with E-state index in [1.165, 1.54) is 0 Å². The van der Waals surface area contributed by atoms with Gasteiger partial charge in [0.2, 0.25) is 21.9 Å². The fourth-order valence-corrected chi connectivity index (χ4v) is 3.36. The fraction of sp³-hybridized carbons (Fsp3) is 0.526. The third kappa shape index (κ3) is 7.82. The molecular weight excluding hydrogens is 392 g/mol. The summed E-state index contributed by atoms with van der Waals surface area (Å²) in [5.74, 6) is 1.07. The molecule has 0 radical (unpaired) electrons. The second-order valence-electron chi connectivity index (χ2n) is 7.70. The highest BCUT2D eigenvalue weighted by Crippen LogP contribution is 2.21. The number of aliphatic hydroxyl groups excluding tert-OH is 1. The molecule has 2 rings (SSSR count). The van der Waals surface area contributed by atoms with Crippen molar-refractivity contribution in [2.45, 2.75) is 45.6 Å². The first-order valence-corrected chi connectivity index (χ1v) is 11.4. The topological polar surface area (TPSA) is 143 Å². The highest BCUT2D eigenvalue weighted by molar-refractivity contribution is 7.91. The maximum atomic E-state index is 11.6. The molecular formula is C19H30N6O3S. The minimum Gasteiger partial charge on any atom is -0.399 e. The van der Waals surface area contributed by atoms with Crippen LogP contribution in [0.2, 0.25) is 0 Å². The Morgan fingerprint density at radius 2 is 1.69 bits per heavy atom. The molecule has 29 heavy (non-hydrogen) atoms. The molecule has 1 aromatic heterocycles. The van der Waals surface area contributed by atoms with E-state index in [1.807, 2.05) is 45.0 Å². The van der Waals surface area contributed by atoms with Gasteiger partial charge in [-0.2, -0.15) is 15.0 Å². The van der Waals surface area contributed by atoms with E-state index in [0.29, 0.717) is 30.3 Å². The van der Waals surface area contributed by atoms with Gasteiger partial charge in [0, 0.05) is 12.1 Å². The van der Waals surface area contributed by atoms with Crippen LogP contribution in [0.25, 0.3) is 0 Å². The number of nitrogens with two attached hydrogens (primary N) is 1. The Hall–Kier alpha value is -2.46. The molecule has 5 N–H and O–H groups in total. The van der Waals surface area contributed by atoms with Crippen molar-refractivity contribution in [3.63, 3.8) is 0 Å². The van der Waals surface area contributed by atoms with Crippen molar-refractivity contribution >= 4 is 27.6 Å². The summed E-state index contributed by atoms with van der Waals surface area (Å²) in [5, 5.41) is 12.7. The average Bonchev–Trinajstić information content (AvgIpc) is 2.59. The van der Waals surface area contributed by atoms with Crippen molar-refractivity contribution in [3.05, 3.63) is 35.7 Å². The van der Waals surface area contributed by atoms with Crippen LogP contribution in [0.15, 0.2) is 24.3 Å². The molecule has 0 aliphatic rings. The van der Waals surface area contributed by atoms with E-state index < -0.39 is 10.0 Å². The number of rotatable bonds is 10. The molecule has 0 aliphatic heterocycles. The molecule has 10 heteroatoms. The van der Waals surface area contributed by atoms with E-state index in [9.17, 15) is 13.5 Å². The van der Waals surface area contributed by atoms with Gasteiger partial charge in [0.15, 0.2) is 0 Å². The summed E-state index contributed by atoms with van der Waals surface area (Å²) in [5.41, 5.74) is 7.50. The van der Waals surface area contributed by atoms with Crippen LogP contribution in [-0.2, 0) is 16.4 Å². The number of nitrogens with zero attached hydrogens (tertiary/aromatic N) is 3. The number of aliphatic hydroxyl groups is 1. The van der Waals surface area contributed by atoms with Gasteiger partial charge in [-0.3, -0.25) is 4.72 Å². The van der Waals surface area contributed by atoms with Crippen LogP contribution in [0, 0.1) is 5.92 Å². The molecule has 1 heterocycles. The highest BCUT2D eigenvalue weighted by Gasteiger charge is 2.17. The molecule has 0 saturated carbocycles. The number of hydrogen-bond donors (Lipinski definition) is 4. The van der Waals surface area contributed by atoms with Crippen molar-refractivity contribution < 1.29 is 13.5 Å². The summed E-state index contributed by atoms with van der Waals surface area (Å²) in [6.07, 6.45) is 2.23. The predicted molar refractivity (Wildman–Crippen MR) is 115 cm³/mol. The maximum Gasteiger partial charge on any atom is 0.241 e. The van der Waals surface area contributed by atoms with Crippen molar-refractivity contribution in [2.24, 2.45) is 5.92 Å². The fourth-order valence-electron chi connectivity index (χ4n) is 2.93. The summed E-state index contributed by atoms with van der Waals surface area (Å²) in [6.45, 7) is 6.04. The number of anilines is 3. The first-order valence-electron chi connectivity index (χ1n) is 9.51. The zero-order chi connectivity index (χ0) is 21.6. The first-order chi connectivity index (χ1) is 13.6. The van der Waals surface area contributed by atoms with Crippen LogP contribution in [0.3, 0.4) is 0 Å². The zero-order valence-electron chi connectivity index (χ0n) is 17.3. The van der Waals surface area contributed by atoms with Gasteiger partial charge in [-0.1, -0.05) is 32.9 Å².